The van der Waals surface area contributed by atoms with Gasteiger partial charge in [0.25, 0.3) is 0 Å². The van der Waals surface area contributed by atoms with Gasteiger partial charge in [0.05, 0.1) is 0 Å². The van der Waals surface area contributed by atoms with Crippen LogP contribution in [0.1, 0.15) is 0 Å². The number of hydrogen-bond acceptors (Lipinski definition) is 1. The minimum Gasteiger partial charge on any atom is -0.347 e. The first-order chi connectivity index (χ1) is 3.39. The van der Waals surface area contributed by atoms with Crippen LogP contribution in [0, 0.1) is 5.41 Å². The lowest BCUT2D eigenvalue weighted by molar-refractivity contribution is 1.10. The quantitative estimate of drug-likeness (QED) is 0.524. The number of aromatic nitrogens is 1. The fourth-order valence-corrected chi connectivity index (χ4v) is 0.393. The maximum absolute atomic E-state index is 6.94. The van der Waals surface area contributed by atoms with E-state index < -0.39 is 0 Å². The molecular formula is C5H7ClN2. The Morgan fingerprint density at radius 3 is 2.38 bits per heavy atom. The fourth-order valence-electron chi connectivity index (χ4n) is 0.393. The molecule has 1 rings (SSSR count). The molecule has 0 saturated heterocycles. The SMILES string of the molecule is Cl.N=c1cccc[nH]1. The van der Waals surface area contributed by atoms with Gasteiger partial charge in [0.2, 0.25) is 0 Å². The minimum absolute atomic E-state index is 0. The molecule has 0 amide bonds. The Balaban J connectivity index is 0.000000490. The molecule has 8 heavy (non-hydrogen) atoms. The molecule has 0 aliphatic carbocycles. The number of hydrogen-bond donors (Lipinski definition) is 2. The van der Waals surface area contributed by atoms with E-state index in [1.54, 1.807) is 12.3 Å². The molecule has 1 aromatic rings. The van der Waals surface area contributed by atoms with Crippen molar-refractivity contribution in [2.45, 2.75) is 0 Å². The molecule has 3 heteroatoms. The predicted octanol–water partition coefficient (Wildman–Crippen LogP) is 0.916. The van der Waals surface area contributed by atoms with Crippen molar-refractivity contribution in [3.05, 3.63) is 29.9 Å². The second-order valence-corrected chi connectivity index (χ2v) is 1.28. The van der Waals surface area contributed by atoms with Crippen molar-refractivity contribution in [3.8, 4) is 0 Å². The van der Waals surface area contributed by atoms with Crippen LogP contribution in [0.3, 0.4) is 0 Å². The van der Waals surface area contributed by atoms with Gasteiger partial charge in [0.1, 0.15) is 5.49 Å². The molecule has 44 valence electrons. The van der Waals surface area contributed by atoms with Crippen LogP contribution in [-0.4, -0.2) is 4.98 Å². The zero-order valence-electron chi connectivity index (χ0n) is 4.22. The molecule has 0 spiro atoms. The third-order valence-electron chi connectivity index (χ3n) is 0.709. The molecule has 0 radical (unpaired) electrons. The monoisotopic (exact) mass is 130 g/mol. The molecule has 0 aromatic carbocycles. The fraction of sp³-hybridized carbons (Fsp3) is 0. The number of aromatic amines is 1. The van der Waals surface area contributed by atoms with E-state index in [2.05, 4.69) is 4.98 Å². The molecule has 0 saturated carbocycles. The Morgan fingerprint density at radius 1 is 1.38 bits per heavy atom. The minimum atomic E-state index is 0. The predicted molar refractivity (Wildman–Crippen MR) is 33.9 cm³/mol. The molecule has 0 unspecified atom stereocenters. The van der Waals surface area contributed by atoms with Crippen molar-refractivity contribution in [2.24, 2.45) is 0 Å². The summed E-state index contributed by atoms with van der Waals surface area (Å²) in [5.41, 5.74) is 0.447. The van der Waals surface area contributed by atoms with Gasteiger partial charge in [-0.05, 0) is 12.1 Å². The highest BCUT2D eigenvalue weighted by Crippen LogP contribution is 1.66. The van der Waals surface area contributed by atoms with Gasteiger partial charge in [-0.25, -0.2) is 0 Å². The number of halogens is 1. The summed E-state index contributed by atoms with van der Waals surface area (Å²) in [5, 5.41) is 6.94. The third-order valence-corrected chi connectivity index (χ3v) is 0.709. The van der Waals surface area contributed by atoms with Crippen LogP contribution in [0.15, 0.2) is 24.4 Å². The van der Waals surface area contributed by atoms with Crippen molar-refractivity contribution < 1.29 is 0 Å². The van der Waals surface area contributed by atoms with Crippen LogP contribution in [0.2, 0.25) is 0 Å². The number of nitrogens with one attached hydrogen (secondary N) is 2. The van der Waals surface area contributed by atoms with Gasteiger partial charge in [-0.15, -0.1) is 12.4 Å². The van der Waals surface area contributed by atoms with Gasteiger partial charge in [-0.1, -0.05) is 6.07 Å². The standard InChI is InChI=1S/C5H6N2.ClH/c6-5-3-1-2-4-7-5;/h1-4H,(H2,6,7);1H. The lowest BCUT2D eigenvalue weighted by atomic mass is 10.5. The normalized spacial score (nSPS) is 7.50. The zero-order valence-corrected chi connectivity index (χ0v) is 5.03. The van der Waals surface area contributed by atoms with Crippen LogP contribution in [0.25, 0.3) is 0 Å². The Morgan fingerprint density at radius 2 is 2.12 bits per heavy atom. The number of rotatable bonds is 0. The smallest absolute Gasteiger partial charge is 0.121 e. The van der Waals surface area contributed by atoms with E-state index in [4.69, 9.17) is 5.41 Å². The first kappa shape index (κ1) is 7.24. The highest BCUT2D eigenvalue weighted by atomic mass is 35.5. The highest BCUT2D eigenvalue weighted by molar-refractivity contribution is 5.85. The summed E-state index contributed by atoms with van der Waals surface area (Å²) in [6.07, 6.45) is 1.72. The molecule has 0 fully saturated rings. The van der Waals surface area contributed by atoms with Crippen LogP contribution < -0.4 is 5.49 Å². The summed E-state index contributed by atoms with van der Waals surface area (Å²) in [4.78, 5) is 2.70. The van der Waals surface area contributed by atoms with E-state index in [9.17, 15) is 0 Å². The molecule has 1 aromatic heterocycles. The van der Waals surface area contributed by atoms with Gasteiger partial charge < -0.3 is 4.98 Å². The van der Waals surface area contributed by atoms with E-state index in [0.29, 0.717) is 5.49 Å². The van der Waals surface area contributed by atoms with E-state index in [1.807, 2.05) is 12.1 Å². The summed E-state index contributed by atoms with van der Waals surface area (Å²) in [6, 6.07) is 5.36. The van der Waals surface area contributed by atoms with E-state index in [1.165, 1.54) is 0 Å². The third kappa shape index (κ3) is 1.80. The van der Waals surface area contributed by atoms with Crippen molar-refractivity contribution in [2.75, 3.05) is 0 Å². The van der Waals surface area contributed by atoms with E-state index in [-0.39, 0.29) is 12.4 Å². The average Bonchev–Trinajstić information content (AvgIpc) is 1.69. The molecule has 0 aliphatic heterocycles. The lowest BCUT2D eigenvalue weighted by Crippen LogP contribution is -1.99. The summed E-state index contributed by atoms with van der Waals surface area (Å²) in [7, 11) is 0. The number of H-pyrrole nitrogens is 1. The van der Waals surface area contributed by atoms with Gasteiger partial charge in [0, 0.05) is 6.20 Å². The van der Waals surface area contributed by atoms with Crippen molar-refractivity contribution in [3.63, 3.8) is 0 Å². The van der Waals surface area contributed by atoms with Gasteiger partial charge in [-0.3, -0.25) is 5.41 Å². The Labute approximate surface area is 53.5 Å². The summed E-state index contributed by atoms with van der Waals surface area (Å²) >= 11 is 0. The first-order valence-electron chi connectivity index (χ1n) is 2.08. The lowest BCUT2D eigenvalue weighted by Gasteiger charge is -1.76. The van der Waals surface area contributed by atoms with Crippen molar-refractivity contribution in [1.82, 2.24) is 4.98 Å². The Kier molecular flexibility index (Phi) is 2.96. The van der Waals surface area contributed by atoms with Crippen LogP contribution in [-0.2, 0) is 0 Å². The topological polar surface area (TPSA) is 39.6 Å². The average molecular weight is 131 g/mol. The zero-order chi connectivity index (χ0) is 5.11. The molecule has 2 nitrogen and oxygen atoms in total. The molecule has 2 N–H and O–H groups in total. The van der Waals surface area contributed by atoms with Crippen LogP contribution in [0.4, 0.5) is 0 Å². The number of pyridine rings is 1. The van der Waals surface area contributed by atoms with E-state index >= 15 is 0 Å². The van der Waals surface area contributed by atoms with Gasteiger partial charge >= 0.3 is 0 Å². The Bertz CT molecular complexity index is 176. The summed E-state index contributed by atoms with van der Waals surface area (Å²) in [6.45, 7) is 0. The Hall–Kier alpha value is -0.760. The molecule has 0 bridgehead atoms. The largest absolute Gasteiger partial charge is 0.347 e. The summed E-state index contributed by atoms with van der Waals surface area (Å²) < 4.78 is 0. The second-order valence-electron chi connectivity index (χ2n) is 1.28. The van der Waals surface area contributed by atoms with E-state index in [0.717, 1.165) is 0 Å². The summed E-state index contributed by atoms with van der Waals surface area (Å²) in [5.74, 6) is 0. The van der Waals surface area contributed by atoms with Crippen LogP contribution >= 0.6 is 12.4 Å². The van der Waals surface area contributed by atoms with Crippen molar-refractivity contribution >= 4 is 12.4 Å². The first-order valence-corrected chi connectivity index (χ1v) is 2.08. The molecule has 0 aliphatic rings. The maximum atomic E-state index is 6.94. The maximum Gasteiger partial charge on any atom is 0.121 e. The van der Waals surface area contributed by atoms with Gasteiger partial charge in [0.15, 0.2) is 0 Å². The van der Waals surface area contributed by atoms with Gasteiger partial charge in [-0.2, -0.15) is 0 Å². The molecule has 0 atom stereocenters. The second kappa shape index (κ2) is 3.27. The van der Waals surface area contributed by atoms with Crippen LogP contribution in [0.5, 0.6) is 0 Å². The highest BCUT2D eigenvalue weighted by Gasteiger charge is 1.65. The van der Waals surface area contributed by atoms with Crippen molar-refractivity contribution in [1.29, 1.82) is 5.41 Å². The molecular weight excluding hydrogens is 124 g/mol. The molecule has 1 heterocycles.